The fourth-order valence-corrected chi connectivity index (χ4v) is 3.04. The van der Waals surface area contributed by atoms with Crippen LogP contribution < -0.4 is 15.2 Å². The third kappa shape index (κ3) is 5.38. The van der Waals surface area contributed by atoms with Crippen LogP contribution in [0.3, 0.4) is 0 Å². The van der Waals surface area contributed by atoms with Gasteiger partial charge in [0.2, 0.25) is 0 Å². The molecule has 0 atom stereocenters. The van der Waals surface area contributed by atoms with Crippen LogP contribution in [0.5, 0.6) is 11.5 Å². The molecule has 2 aromatic carbocycles. The highest BCUT2D eigenvalue weighted by Crippen LogP contribution is 2.35. The molecule has 0 aromatic heterocycles. The molecular weight excluding hydrogens is 467 g/mol. The van der Waals surface area contributed by atoms with Gasteiger partial charge in [-0.25, -0.2) is 0 Å². The number of nitrogens with zero attached hydrogens (tertiary/aromatic N) is 1. The van der Waals surface area contributed by atoms with Gasteiger partial charge in [0.1, 0.15) is 18.2 Å². The number of rotatable bonds is 7. The summed E-state index contributed by atoms with van der Waals surface area (Å²) in [4.78, 5) is 11.2. The van der Waals surface area contributed by atoms with Crippen LogP contribution >= 0.6 is 34.2 Å². The lowest BCUT2D eigenvalue weighted by atomic mass is 10.1. The minimum Gasteiger partial charge on any atom is -0.490 e. The lowest BCUT2D eigenvalue weighted by Gasteiger charge is -2.15. The highest BCUT2D eigenvalue weighted by Gasteiger charge is 2.13. The van der Waals surface area contributed by atoms with Crippen molar-refractivity contribution in [3.8, 4) is 17.6 Å². The standard InChI is InChI=1S/C19H16ClIN2O3/c1-2-25-17-9-13(7-14(10-22)19(23)24)8-16(21)18(17)26-11-12-3-5-15(20)6-4-12/h3-9H,2,11H2,1H3,(H2,23,24)/b14-7+. The van der Waals surface area contributed by atoms with Crippen LogP contribution in [-0.4, -0.2) is 12.5 Å². The maximum Gasteiger partial charge on any atom is 0.259 e. The first-order chi connectivity index (χ1) is 12.4. The van der Waals surface area contributed by atoms with E-state index in [1.54, 1.807) is 30.3 Å². The molecule has 2 aromatic rings. The second-order valence-corrected chi connectivity index (χ2v) is 6.81. The van der Waals surface area contributed by atoms with E-state index >= 15 is 0 Å². The van der Waals surface area contributed by atoms with Crippen molar-refractivity contribution < 1.29 is 14.3 Å². The van der Waals surface area contributed by atoms with E-state index in [1.807, 2.05) is 19.1 Å². The molecule has 0 saturated heterocycles. The first-order valence-electron chi connectivity index (χ1n) is 7.69. The van der Waals surface area contributed by atoms with Crippen molar-refractivity contribution in [2.45, 2.75) is 13.5 Å². The topological polar surface area (TPSA) is 85.3 Å². The van der Waals surface area contributed by atoms with E-state index in [0.717, 1.165) is 9.13 Å². The molecule has 0 radical (unpaired) electrons. The summed E-state index contributed by atoms with van der Waals surface area (Å²) in [5.74, 6) is 0.349. The molecule has 7 heteroatoms. The number of halogens is 2. The lowest BCUT2D eigenvalue weighted by Crippen LogP contribution is -2.12. The molecule has 5 nitrogen and oxygen atoms in total. The molecule has 2 rings (SSSR count). The molecule has 0 aliphatic rings. The van der Waals surface area contributed by atoms with Crippen molar-refractivity contribution in [3.63, 3.8) is 0 Å². The fourth-order valence-electron chi connectivity index (χ4n) is 2.14. The largest absolute Gasteiger partial charge is 0.490 e. The number of carbonyl (C=O) groups is 1. The predicted octanol–water partition coefficient (Wildman–Crippen LogP) is 4.31. The van der Waals surface area contributed by atoms with E-state index in [4.69, 9.17) is 32.1 Å². The van der Waals surface area contributed by atoms with Gasteiger partial charge >= 0.3 is 0 Å². The minimum absolute atomic E-state index is 0.127. The molecule has 0 bridgehead atoms. The first-order valence-corrected chi connectivity index (χ1v) is 9.15. The summed E-state index contributed by atoms with van der Waals surface area (Å²) < 4.78 is 12.4. The van der Waals surface area contributed by atoms with Crippen molar-refractivity contribution in [2.24, 2.45) is 5.73 Å². The lowest BCUT2D eigenvalue weighted by molar-refractivity contribution is -0.114. The van der Waals surface area contributed by atoms with Crippen molar-refractivity contribution in [3.05, 3.63) is 61.7 Å². The first kappa shape index (κ1) is 20.1. The molecule has 0 unspecified atom stereocenters. The molecule has 0 fully saturated rings. The SMILES string of the molecule is CCOc1cc(/C=C(\C#N)C(N)=O)cc(I)c1OCc1ccc(Cl)cc1. The van der Waals surface area contributed by atoms with Crippen LogP contribution in [-0.2, 0) is 11.4 Å². The Morgan fingerprint density at radius 3 is 2.58 bits per heavy atom. The average molecular weight is 483 g/mol. The Bertz CT molecular complexity index is 874. The smallest absolute Gasteiger partial charge is 0.259 e. The summed E-state index contributed by atoms with van der Waals surface area (Å²) in [5.41, 5.74) is 6.66. The second-order valence-electron chi connectivity index (χ2n) is 5.21. The van der Waals surface area contributed by atoms with Gasteiger partial charge in [-0.15, -0.1) is 0 Å². The number of hydrogen-bond donors (Lipinski definition) is 1. The second kappa shape index (κ2) is 9.46. The van der Waals surface area contributed by atoms with Crippen LogP contribution in [0.15, 0.2) is 42.0 Å². The van der Waals surface area contributed by atoms with Gasteiger partial charge in [0.05, 0.1) is 10.2 Å². The molecule has 0 spiro atoms. The number of primary amides is 1. The van der Waals surface area contributed by atoms with Crippen molar-refractivity contribution in [2.75, 3.05) is 6.61 Å². The van der Waals surface area contributed by atoms with Crippen molar-refractivity contribution in [1.29, 1.82) is 5.26 Å². The van der Waals surface area contributed by atoms with Crippen molar-refractivity contribution >= 4 is 46.2 Å². The number of ether oxygens (including phenoxy) is 2. The Labute approximate surface area is 170 Å². The van der Waals surface area contributed by atoms with Crippen LogP contribution in [0.4, 0.5) is 0 Å². The van der Waals surface area contributed by atoms with Gasteiger partial charge in [-0.05, 0) is 71.0 Å². The zero-order valence-corrected chi connectivity index (χ0v) is 16.9. The highest BCUT2D eigenvalue weighted by molar-refractivity contribution is 14.1. The van der Waals surface area contributed by atoms with Crippen LogP contribution in [0.25, 0.3) is 6.08 Å². The number of benzene rings is 2. The number of carbonyl (C=O) groups excluding carboxylic acids is 1. The van der Waals surface area contributed by atoms with Gasteiger partial charge in [-0.2, -0.15) is 5.26 Å². The molecule has 0 saturated carbocycles. The molecule has 0 aliphatic carbocycles. The summed E-state index contributed by atoms with van der Waals surface area (Å²) in [6, 6.07) is 12.7. The predicted molar refractivity (Wildman–Crippen MR) is 109 cm³/mol. The van der Waals surface area contributed by atoms with E-state index in [-0.39, 0.29) is 5.57 Å². The van der Waals surface area contributed by atoms with Crippen LogP contribution in [0.1, 0.15) is 18.1 Å². The maximum absolute atomic E-state index is 11.2. The fraction of sp³-hybridized carbons (Fsp3) is 0.158. The van der Waals surface area contributed by atoms with Gasteiger partial charge < -0.3 is 15.2 Å². The third-order valence-corrected chi connectivity index (χ3v) is 4.38. The monoisotopic (exact) mass is 482 g/mol. The van der Waals surface area contributed by atoms with Gasteiger partial charge in [0, 0.05) is 5.02 Å². The number of hydrogen-bond acceptors (Lipinski definition) is 4. The molecule has 26 heavy (non-hydrogen) atoms. The summed E-state index contributed by atoms with van der Waals surface area (Å²) in [6.45, 7) is 2.66. The zero-order chi connectivity index (χ0) is 19.1. The summed E-state index contributed by atoms with van der Waals surface area (Å²) >= 11 is 8.01. The molecular formula is C19H16ClIN2O3. The maximum atomic E-state index is 11.2. The summed E-state index contributed by atoms with van der Waals surface area (Å²) in [5, 5.41) is 9.66. The normalized spacial score (nSPS) is 10.9. The van der Waals surface area contributed by atoms with E-state index in [9.17, 15) is 4.79 Å². The Kier molecular flexibility index (Phi) is 7.30. The van der Waals surface area contributed by atoms with Gasteiger partial charge in [0.25, 0.3) is 5.91 Å². The Hall–Kier alpha value is -2.24. The van der Waals surface area contributed by atoms with Crippen LogP contribution in [0.2, 0.25) is 5.02 Å². The van der Waals surface area contributed by atoms with Crippen LogP contribution in [0, 0.1) is 14.9 Å². The Balaban J connectivity index is 2.32. The summed E-state index contributed by atoms with van der Waals surface area (Å²) in [6.07, 6.45) is 1.43. The third-order valence-electron chi connectivity index (χ3n) is 3.33. The molecule has 1 amide bonds. The van der Waals surface area contributed by atoms with E-state index in [0.29, 0.717) is 35.3 Å². The quantitative estimate of drug-likeness (QED) is 0.362. The molecule has 0 heterocycles. The zero-order valence-electron chi connectivity index (χ0n) is 14.0. The molecule has 0 aliphatic heterocycles. The Morgan fingerprint density at radius 1 is 1.31 bits per heavy atom. The van der Waals surface area contributed by atoms with E-state index < -0.39 is 5.91 Å². The number of amides is 1. The number of nitriles is 1. The van der Waals surface area contributed by atoms with Gasteiger partial charge in [0.15, 0.2) is 11.5 Å². The van der Waals surface area contributed by atoms with Gasteiger partial charge in [-0.1, -0.05) is 23.7 Å². The van der Waals surface area contributed by atoms with Crippen molar-refractivity contribution in [1.82, 2.24) is 0 Å². The minimum atomic E-state index is -0.775. The Morgan fingerprint density at radius 2 is 2.00 bits per heavy atom. The average Bonchev–Trinajstić information content (AvgIpc) is 2.60. The van der Waals surface area contributed by atoms with E-state index in [2.05, 4.69) is 22.6 Å². The highest BCUT2D eigenvalue weighted by atomic mass is 127. The van der Waals surface area contributed by atoms with E-state index in [1.165, 1.54) is 6.08 Å². The number of nitrogens with two attached hydrogens (primary N) is 1. The molecule has 134 valence electrons. The molecule has 2 N–H and O–H groups in total. The summed E-state index contributed by atoms with van der Waals surface area (Å²) in [7, 11) is 0. The van der Waals surface area contributed by atoms with Gasteiger partial charge in [-0.3, -0.25) is 4.79 Å².